The first-order valence-electron chi connectivity index (χ1n) is 4.07. The number of nitrogens with two attached hydrogens (primary N) is 1. The highest BCUT2D eigenvalue weighted by Gasteiger charge is 2.11. The summed E-state index contributed by atoms with van der Waals surface area (Å²) in [6.07, 6.45) is 0. The summed E-state index contributed by atoms with van der Waals surface area (Å²) in [6, 6.07) is 3.47. The number of hydrogen-bond donors (Lipinski definition) is 2. The van der Waals surface area contributed by atoms with Gasteiger partial charge in [0.1, 0.15) is 0 Å². The second kappa shape index (κ2) is 4.48. The SMILES string of the molecule is Nc1nnc(Nc2c(Cl)cc(Br)cc2Cl)o1. The number of rotatable bonds is 2. The smallest absolute Gasteiger partial charge is 0.321 e. The molecule has 0 unspecified atom stereocenters. The average molecular weight is 324 g/mol. The Morgan fingerprint density at radius 3 is 2.38 bits per heavy atom. The minimum Gasteiger partial charge on any atom is -0.389 e. The Morgan fingerprint density at radius 1 is 1.25 bits per heavy atom. The Kier molecular flexibility index (Phi) is 3.22. The molecule has 0 bridgehead atoms. The van der Waals surface area contributed by atoms with Crippen molar-refractivity contribution in [3.63, 3.8) is 0 Å². The van der Waals surface area contributed by atoms with E-state index >= 15 is 0 Å². The lowest BCUT2D eigenvalue weighted by Gasteiger charge is -2.06. The van der Waals surface area contributed by atoms with Crippen molar-refractivity contribution in [1.82, 2.24) is 10.2 Å². The van der Waals surface area contributed by atoms with Gasteiger partial charge in [-0.25, -0.2) is 0 Å². The summed E-state index contributed by atoms with van der Waals surface area (Å²) in [7, 11) is 0. The standard InChI is InChI=1S/C8H5BrCl2N4O/c9-3-1-4(10)6(5(11)2-3)13-8-15-14-7(12)16-8/h1-2H,(H2,12,14)(H,13,15). The van der Waals surface area contributed by atoms with Gasteiger partial charge < -0.3 is 15.5 Å². The molecule has 1 aromatic heterocycles. The fourth-order valence-corrected chi connectivity index (χ4v) is 2.36. The van der Waals surface area contributed by atoms with Gasteiger partial charge in [-0.05, 0) is 12.1 Å². The van der Waals surface area contributed by atoms with Crippen LogP contribution in [-0.4, -0.2) is 10.2 Å². The highest BCUT2D eigenvalue weighted by atomic mass is 79.9. The van der Waals surface area contributed by atoms with Gasteiger partial charge in [-0.1, -0.05) is 49.3 Å². The zero-order chi connectivity index (χ0) is 11.7. The Morgan fingerprint density at radius 2 is 1.88 bits per heavy atom. The van der Waals surface area contributed by atoms with Crippen molar-refractivity contribution in [3.05, 3.63) is 26.7 Å². The average Bonchev–Trinajstić information content (AvgIpc) is 2.58. The van der Waals surface area contributed by atoms with E-state index in [2.05, 4.69) is 31.4 Å². The number of hydrogen-bond acceptors (Lipinski definition) is 5. The van der Waals surface area contributed by atoms with Crippen molar-refractivity contribution in [2.75, 3.05) is 11.1 Å². The van der Waals surface area contributed by atoms with Crippen molar-refractivity contribution >= 4 is 56.8 Å². The normalized spacial score (nSPS) is 10.4. The van der Waals surface area contributed by atoms with Gasteiger partial charge in [0.25, 0.3) is 0 Å². The summed E-state index contributed by atoms with van der Waals surface area (Å²) in [4.78, 5) is 0. The van der Waals surface area contributed by atoms with E-state index in [1.165, 1.54) is 0 Å². The Labute approximate surface area is 109 Å². The minimum absolute atomic E-state index is 0.0353. The molecule has 16 heavy (non-hydrogen) atoms. The number of nitrogen functional groups attached to an aromatic ring is 1. The number of aromatic nitrogens is 2. The highest BCUT2D eigenvalue weighted by molar-refractivity contribution is 9.10. The summed E-state index contributed by atoms with van der Waals surface area (Å²) < 4.78 is 5.72. The molecule has 1 heterocycles. The molecule has 0 aliphatic heterocycles. The second-order valence-corrected chi connectivity index (χ2v) is 4.54. The molecular formula is C8H5BrCl2N4O. The van der Waals surface area contributed by atoms with Crippen LogP contribution in [0, 0.1) is 0 Å². The maximum absolute atomic E-state index is 5.99. The highest BCUT2D eigenvalue weighted by Crippen LogP contribution is 2.35. The lowest BCUT2D eigenvalue weighted by Crippen LogP contribution is -1.92. The third kappa shape index (κ3) is 2.40. The number of halogens is 3. The summed E-state index contributed by atoms with van der Waals surface area (Å²) in [5.74, 6) is 0. The number of nitrogens with one attached hydrogen (secondary N) is 1. The quantitative estimate of drug-likeness (QED) is 0.885. The molecule has 0 radical (unpaired) electrons. The van der Waals surface area contributed by atoms with Gasteiger partial charge in [0.2, 0.25) is 0 Å². The topological polar surface area (TPSA) is 77.0 Å². The number of benzene rings is 1. The Balaban J connectivity index is 2.34. The fraction of sp³-hybridized carbons (Fsp3) is 0. The van der Waals surface area contributed by atoms with Crippen LogP contribution in [0.25, 0.3) is 0 Å². The summed E-state index contributed by atoms with van der Waals surface area (Å²) >= 11 is 15.3. The van der Waals surface area contributed by atoms with Gasteiger partial charge in [-0.15, -0.1) is 0 Å². The number of anilines is 3. The van der Waals surface area contributed by atoms with Crippen molar-refractivity contribution in [2.45, 2.75) is 0 Å². The summed E-state index contributed by atoms with van der Waals surface area (Å²) in [5, 5.41) is 10.8. The maximum Gasteiger partial charge on any atom is 0.321 e. The third-order valence-corrected chi connectivity index (χ3v) is 2.73. The molecule has 2 aromatic rings. The van der Waals surface area contributed by atoms with Crippen molar-refractivity contribution < 1.29 is 4.42 Å². The first kappa shape index (κ1) is 11.5. The largest absolute Gasteiger partial charge is 0.389 e. The molecule has 3 N–H and O–H groups in total. The number of nitrogens with zero attached hydrogens (tertiary/aromatic N) is 2. The van der Waals surface area contributed by atoms with Crippen LogP contribution < -0.4 is 11.1 Å². The van der Waals surface area contributed by atoms with Crippen LogP contribution in [-0.2, 0) is 0 Å². The molecule has 1 aromatic carbocycles. The van der Waals surface area contributed by atoms with Crippen LogP contribution in [0.4, 0.5) is 17.7 Å². The van der Waals surface area contributed by atoms with E-state index < -0.39 is 0 Å². The van der Waals surface area contributed by atoms with Gasteiger partial charge in [-0.2, -0.15) is 0 Å². The zero-order valence-corrected chi connectivity index (χ0v) is 10.8. The van der Waals surface area contributed by atoms with E-state index in [0.717, 1.165) is 4.47 Å². The summed E-state index contributed by atoms with van der Waals surface area (Å²) in [6.45, 7) is 0. The predicted octanol–water partition coefficient (Wildman–Crippen LogP) is 3.46. The third-order valence-electron chi connectivity index (χ3n) is 1.68. The van der Waals surface area contributed by atoms with Crippen LogP contribution in [0.5, 0.6) is 0 Å². The molecule has 84 valence electrons. The Bertz CT molecular complexity index is 508. The van der Waals surface area contributed by atoms with Gasteiger partial charge in [-0.3, -0.25) is 0 Å². The van der Waals surface area contributed by atoms with E-state index in [1.807, 2.05) is 0 Å². The monoisotopic (exact) mass is 322 g/mol. The summed E-state index contributed by atoms with van der Waals surface area (Å²) in [5.41, 5.74) is 5.76. The Hall–Kier alpha value is -0.980. The molecule has 0 saturated heterocycles. The molecule has 2 rings (SSSR count). The minimum atomic E-state index is -0.0353. The van der Waals surface area contributed by atoms with E-state index in [9.17, 15) is 0 Å². The molecule has 0 fully saturated rings. The van der Waals surface area contributed by atoms with E-state index in [4.69, 9.17) is 33.4 Å². The van der Waals surface area contributed by atoms with Crippen LogP contribution in [0.3, 0.4) is 0 Å². The second-order valence-electron chi connectivity index (χ2n) is 2.81. The van der Waals surface area contributed by atoms with Gasteiger partial charge in [0, 0.05) is 4.47 Å². The van der Waals surface area contributed by atoms with Gasteiger partial charge in [0.15, 0.2) is 0 Å². The maximum atomic E-state index is 5.99. The van der Waals surface area contributed by atoms with Crippen LogP contribution in [0.1, 0.15) is 0 Å². The zero-order valence-electron chi connectivity index (χ0n) is 7.67. The van der Waals surface area contributed by atoms with Crippen LogP contribution >= 0.6 is 39.1 Å². The van der Waals surface area contributed by atoms with Crippen LogP contribution in [0.2, 0.25) is 10.0 Å². The molecule has 5 nitrogen and oxygen atoms in total. The van der Waals surface area contributed by atoms with Gasteiger partial charge in [0.05, 0.1) is 15.7 Å². The van der Waals surface area contributed by atoms with Gasteiger partial charge >= 0.3 is 12.0 Å². The molecule has 0 aliphatic rings. The molecule has 0 saturated carbocycles. The fourth-order valence-electron chi connectivity index (χ4n) is 1.05. The van der Waals surface area contributed by atoms with Crippen molar-refractivity contribution in [3.8, 4) is 0 Å². The first-order chi connectivity index (χ1) is 7.56. The molecular weight excluding hydrogens is 319 g/mol. The van der Waals surface area contributed by atoms with E-state index in [1.54, 1.807) is 12.1 Å². The molecule has 0 amide bonds. The van der Waals surface area contributed by atoms with Crippen molar-refractivity contribution in [1.29, 1.82) is 0 Å². The lowest BCUT2D eigenvalue weighted by molar-refractivity contribution is 0.593. The van der Waals surface area contributed by atoms with Crippen molar-refractivity contribution in [2.24, 2.45) is 0 Å². The van der Waals surface area contributed by atoms with Crippen LogP contribution in [0.15, 0.2) is 21.0 Å². The van der Waals surface area contributed by atoms with E-state index in [-0.39, 0.29) is 12.0 Å². The molecule has 8 heteroatoms. The predicted molar refractivity (Wildman–Crippen MR) is 66.2 cm³/mol. The first-order valence-corrected chi connectivity index (χ1v) is 5.61. The van der Waals surface area contributed by atoms with E-state index in [0.29, 0.717) is 15.7 Å². The molecule has 0 spiro atoms. The molecule has 0 atom stereocenters. The lowest BCUT2D eigenvalue weighted by atomic mass is 10.3. The molecule has 0 aliphatic carbocycles.